The Morgan fingerprint density at radius 3 is 2.67 bits per heavy atom. The molecular formula is C9H9N3O3. The largest absolute Gasteiger partial charge is 0.319 e. The maximum atomic E-state index is 11.0. The molecule has 0 saturated heterocycles. The Labute approximate surface area is 86.3 Å². The average Bonchev–Trinajstić information content (AvgIpc) is 2.16. The molecular weight excluding hydrogens is 198 g/mol. The lowest BCUT2D eigenvalue weighted by Crippen LogP contribution is -2.24. The lowest BCUT2D eigenvalue weighted by Gasteiger charge is -2.03. The molecule has 0 aromatic carbocycles. The van der Waals surface area contributed by atoms with Crippen molar-refractivity contribution in [3.63, 3.8) is 0 Å². The highest BCUT2D eigenvalue weighted by Crippen LogP contribution is 2.05. The number of rotatable bonds is 5. The van der Waals surface area contributed by atoms with E-state index in [1.54, 1.807) is 6.07 Å². The van der Waals surface area contributed by atoms with Crippen LogP contribution in [0.2, 0.25) is 0 Å². The van der Waals surface area contributed by atoms with Gasteiger partial charge in [-0.1, -0.05) is 12.7 Å². The lowest BCUT2D eigenvalue weighted by atomic mass is 10.3. The fourth-order valence-electron chi connectivity index (χ4n) is 0.692. The molecule has 0 heterocycles. The summed E-state index contributed by atoms with van der Waals surface area (Å²) in [6.45, 7) is 6.51. The van der Waals surface area contributed by atoms with Crippen molar-refractivity contribution in [3.05, 3.63) is 46.8 Å². The highest BCUT2D eigenvalue weighted by Gasteiger charge is 2.15. The first-order chi connectivity index (χ1) is 7.02. The van der Waals surface area contributed by atoms with Crippen molar-refractivity contribution in [3.8, 4) is 6.07 Å². The molecule has 1 amide bonds. The van der Waals surface area contributed by atoms with E-state index in [4.69, 9.17) is 5.26 Å². The number of hydrogen-bond donors (Lipinski definition) is 1. The topological polar surface area (TPSA) is 96.0 Å². The van der Waals surface area contributed by atoms with Crippen LogP contribution in [-0.2, 0) is 4.79 Å². The number of carbonyl (C=O) groups is 1. The average molecular weight is 207 g/mol. The number of amides is 1. The molecule has 0 spiro atoms. The first-order valence-corrected chi connectivity index (χ1v) is 3.86. The zero-order valence-electron chi connectivity index (χ0n) is 7.90. The maximum Gasteiger partial charge on any atom is 0.285 e. The number of hydrogen-bond acceptors (Lipinski definition) is 4. The van der Waals surface area contributed by atoms with Crippen molar-refractivity contribution in [1.29, 1.82) is 5.26 Å². The molecule has 0 unspecified atom stereocenters. The SMILES string of the molecule is C=C/C=C(/NC(=O)CC#N)C(=C)[N+](=O)[O-]. The molecule has 15 heavy (non-hydrogen) atoms. The van der Waals surface area contributed by atoms with Crippen molar-refractivity contribution >= 4 is 5.91 Å². The van der Waals surface area contributed by atoms with Gasteiger partial charge in [0.2, 0.25) is 5.91 Å². The van der Waals surface area contributed by atoms with Crippen LogP contribution in [0.25, 0.3) is 0 Å². The maximum absolute atomic E-state index is 11.0. The third kappa shape index (κ3) is 4.38. The van der Waals surface area contributed by atoms with Gasteiger partial charge in [0.05, 0.1) is 11.0 Å². The van der Waals surface area contributed by atoms with E-state index in [-0.39, 0.29) is 12.1 Å². The lowest BCUT2D eigenvalue weighted by molar-refractivity contribution is -0.420. The number of nitro groups is 1. The number of nitrogens with zero attached hydrogens (tertiary/aromatic N) is 2. The van der Waals surface area contributed by atoms with Crippen LogP contribution < -0.4 is 5.32 Å². The predicted octanol–water partition coefficient (Wildman–Crippen LogP) is 0.877. The summed E-state index contributed by atoms with van der Waals surface area (Å²) in [6, 6.07) is 1.62. The van der Waals surface area contributed by atoms with Gasteiger partial charge >= 0.3 is 0 Å². The minimum absolute atomic E-state index is 0.0738. The molecule has 6 heteroatoms. The zero-order chi connectivity index (χ0) is 11.8. The minimum Gasteiger partial charge on any atom is -0.319 e. The van der Waals surface area contributed by atoms with E-state index in [2.05, 4.69) is 18.5 Å². The van der Waals surface area contributed by atoms with Crippen LogP contribution in [0, 0.1) is 21.4 Å². The number of nitrogens with one attached hydrogen (secondary N) is 1. The Hall–Kier alpha value is -2.42. The standard InChI is InChI=1S/C9H9N3O3/c1-3-4-8(7(2)12(14)15)11-9(13)5-6-10/h3-4H,1-2,5H2,(H,11,13)/b8-4+. The van der Waals surface area contributed by atoms with Gasteiger partial charge in [0.1, 0.15) is 12.1 Å². The van der Waals surface area contributed by atoms with E-state index in [0.717, 1.165) is 0 Å². The highest BCUT2D eigenvalue weighted by molar-refractivity contribution is 5.80. The second-order valence-corrected chi connectivity index (χ2v) is 2.40. The summed E-state index contributed by atoms with van der Waals surface area (Å²) in [4.78, 5) is 20.6. The molecule has 0 radical (unpaired) electrons. The summed E-state index contributed by atoms with van der Waals surface area (Å²) in [5, 5.41) is 20.8. The van der Waals surface area contributed by atoms with Crippen molar-refractivity contribution < 1.29 is 9.72 Å². The van der Waals surface area contributed by atoms with Crippen LogP contribution in [-0.4, -0.2) is 10.8 Å². The van der Waals surface area contributed by atoms with Crippen LogP contribution in [0.5, 0.6) is 0 Å². The molecule has 0 aliphatic carbocycles. The quantitative estimate of drug-likeness (QED) is 0.411. The molecule has 78 valence electrons. The fraction of sp³-hybridized carbons (Fsp3) is 0.111. The zero-order valence-corrected chi connectivity index (χ0v) is 7.90. The third-order valence-electron chi connectivity index (χ3n) is 1.33. The summed E-state index contributed by atoms with van der Waals surface area (Å²) in [5.41, 5.74) is -0.531. The third-order valence-corrected chi connectivity index (χ3v) is 1.33. The Balaban J connectivity index is 4.72. The van der Waals surface area contributed by atoms with Crippen LogP contribution >= 0.6 is 0 Å². The molecule has 0 rings (SSSR count). The van der Waals surface area contributed by atoms with Crippen LogP contribution in [0.15, 0.2) is 36.7 Å². The monoisotopic (exact) mass is 207 g/mol. The molecule has 0 atom stereocenters. The van der Waals surface area contributed by atoms with Crippen molar-refractivity contribution in [2.75, 3.05) is 0 Å². The van der Waals surface area contributed by atoms with E-state index in [1.165, 1.54) is 12.2 Å². The van der Waals surface area contributed by atoms with Crippen LogP contribution in [0.1, 0.15) is 6.42 Å². The Morgan fingerprint density at radius 2 is 2.27 bits per heavy atom. The highest BCUT2D eigenvalue weighted by atomic mass is 16.6. The van der Waals surface area contributed by atoms with Gasteiger partial charge in [-0.2, -0.15) is 5.26 Å². The molecule has 0 aromatic heterocycles. The summed E-state index contributed by atoms with van der Waals surface area (Å²) < 4.78 is 0. The second kappa shape index (κ2) is 6.10. The van der Waals surface area contributed by atoms with Crippen LogP contribution in [0.4, 0.5) is 0 Å². The molecule has 1 N–H and O–H groups in total. The molecule has 0 aliphatic rings. The predicted molar refractivity (Wildman–Crippen MR) is 52.8 cm³/mol. The van der Waals surface area contributed by atoms with Gasteiger partial charge in [0.15, 0.2) is 0 Å². The minimum atomic E-state index is -0.734. The van der Waals surface area contributed by atoms with E-state index < -0.39 is 16.5 Å². The first kappa shape index (κ1) is 12.6. The normalized spacial score (nSPS) is 9.93. The van der Waals surface area contributed by atoms with Crippen LogP contribution in [0.3, 0.4) is 0 Å². The number of carbonyl (C=O) groups excluding carboxylic acids is 1. The second-order valence-electron chi connectivity index (χ2n) is 2.40. The molecule has 0 bridgehead atoms. The van der Waals surface area contributed by atoms with E-state index in [1.807, 2.05) is 0 Å². The van der Waals surface area contributed by atoms with Gasteiger partial charge in [0.25, 0.3) is 5.70 Å². The summed E-state index contributed by atoms with van der Waals surface area (Å²) in [6.07, 6.45) is 2.14. The fourth-order valence-corrected chi connectivity index (χ4v) is 0.692. The first-order valence-electron chi connectivity index (χ1n) is 3.86. The van der Waals surface area contributed by atoms with Gasteiger partial charge in [-0.05, 0) is 12.7 Å². The van der Waals surface area contributed by atoms with E-state index in [0.29, 0.717) is 0 Å². The molecule has 6 nitrogen and oxygen atoms in total. The van der Waals surface area contributed by atoms with Crippen molar-refractivity contribution in [2.24, 2.45) is 0 Å². The van der Waals surface area contributed by atoms with E-state index >= 15 is 0 Å². The van der Waals surface area contributed by atoms with Gasteiger partial charge in [-0.15, -0.1) is 0 Å². The van der Waals surface area contributed by atoms with E-state index in [9.17, 15) is 14.9 Å². The van der Waals surface area contributed by atoms with Gasteiger partial charge in [0, 0.05) is 0 Å². The Kier molecular flexibility index (Phi) is 5.11. The van der Waals surface area contributed by atoms with Gasteiger partial charge in [-0.25, -0.2) is 0 Å². The summed E-state index contributed by atoms with van der Waals surface area (Å²) in [5.74, 6) is -0.631. The Bertz CT molecular complexity index is 377. The Morgan fingerprint density at radius 1 is 1.67 bits per heavy atom. The summed E-state index contributed by atoms with van der Waals surface area (Å²) in [7, 11) is 0. The summed E-state index contributed by atoms with van der Waals surface area (Å²) >= 11 is 0. The number of allylic oxidation sites excluding steroid dienone is 2. The smallest absolute Gasteiger partial charge is 0.285 e. The molecule has 0 fully saturated rings. The molecule has 0 aromatic rings. The van der Waals surface area contributed by atoms with Gasteiger partial charge < -0.3 is 5.32 Å². The van der Waals surface area contributed by atoms with Gasteiger partial charge in [-0.3, -0.25) is 14.9 Å². The molecule has 0 saturated carbocycles. The van der Waals surface area contributed by atoms with Crippen molar-refractivity contribution in [1.82, 2.24) is 5.32 Å². The number of nitriles is 1. The molecule has 0 aliphatic heterocycles. The van der Waals surface area contributed by atoms with Crippen molar-refractivity contribution in [2.45, 2.75) is 6.42 Å².